The lowest BCUT2D eigenvalue weighted by Crippen LogP contribution is -2.41. The summed E-state index contributed by atoms with van der Waals surface area (Å²) < 4.78 is 1.76. The van der Waals surface area contributed by atoms with Crippen LogP contribution in [0.2, 0.25) is 0 Å². The summed E-state index contributed by atoms with van der Waals surface area (Å²) in [6.45, 7) is 9.24. The Bertz CT molecular complexity index is 732. The van der Waals surface area contributed by atoms with E-state index in [0.717, 1.165) is 49.4 Å². The zero-order chi connectivity index (χ0) is 19.6. The molecule has 0 amide bonds. The summed E-state index contributed by atoms with van der Waals surface area (Å²) in [5.74, 6) is 1.68. The highest BCUT2D eigenvalue weighted by atomic mass is 127. The van der Waals surface area contributed by atoms with Crippen LogP contribution in [0.3, 0.4) is 0 Å². The number of pyridine rings is 1. The van der Waals surface area contributed by atoms with Gasteiger partial charge >= 0.3 is 0 Å². The number of nitrogens with one attached hydrogen (secondary N) is 2. The second-order valence-electron chi connectivity index (χ2n) is 7.33. The average molecular weight is 511 g/mol. The van der Waals surface area contributed by atoms with Crippen molar-refractivity contribution in [2.45, 2.75) is 52.1 Å². The number of likely N-dealkylation sites (tertiary alicyclic amines) is 1. The third-order valence-corrected chi connectivity index (χ3v) is 5.17. The van der Waals surface area contributed by atoms with Gasteiger partial charge in [-0.25, -0.2) is 14.7 Å². The Labute approximate surface area is 191 Å². The van der Waals surface area contributed by atoms with Crippen molar-refractivity contribution in [2.24, 2.45) is 4.99 Å². The molecule has 29 heavy (non-hydrogen) atoms. The van der Waals surface area contributed by atoms with Gasteiger partial charge < -0.3 is 15.5 Å². The first-order valence-electron chi connectivity index (χ1n) is 10.5. The van der Waals surface area contributed by atoms with Gasteiger partial charge in [-0.2, -0.15) is 5.10 Å². The summed E-state index contributed by atoms with van der Waals surface area (Å²) in [5, 5.41) is 11.0. The van der Waals surface area contributed by atoms with Crippen molar-refractivity contribution in [3.8, 4) is 5.82 Å². The van der Waals surface area contributed by atoms with E-state index >= 15 is 0 Å². The van der Waals surface area contributed by atoms with Gasteiger partial charge in [0.2, 0.25) is 0 Å². The lowest BCUT2D eigenvalue weighted by molar-refractivity contribution is 0.159. The predicted octanol–water partition coefficient (Wildman–Crippen LogP) is 3.20. The monoisotopic (exact) mass is 511 g/mol. The molecule has 8 heteroatoms. The number of rotatable bonds is 8. The van der Waals surface area contributed by atoms with Gasteiger partial charge in [0.1, 0.15) is 0 Å². The number of hydrogen-bond donors (Lipinski definition) is 2. The van der Waals surface area contributed by atoms with E-state index in [9.17, 15) is 0 Å². The summed E-state index contributed by atoms with van der Waals surface area (Å²) >= 11 is 0. The van der Waals surface area contributed by atoms with E-state index in [1.165, 1.54) is 25.8 Å². The minimum atomic E-state index is 0. The van der Waals surface area contributed by atoms with Crippen molar-refractivity contribution < 1.29 is 0 Å². The predicted molar refractivity (Wildman–Crippen MR) is 129 cm³/mol. The Balaban J connectivity index is 0.00000300. The molecule has 1 atom stereocenters. The van der Waals surface area contributed by atoms with Crippen LogP contribution < -0.4 is 10.6 Å². The van der Waals surface area contributed by atoms with Gasteiger partial charge in [0, 0.05) is 44.3 Å². The topological polar surface area (TPSA) is 70.4 Å². The summed E-state index contributed by atoms with van der Waals surface area (Å²) in [6, 6.07) is 6.64. The van der Waals surface area contributed by atoms with Gasteiger partial charge in [-0.05, 0) is 63.4 Å². The van der Waals surface area contributed by atoms with E-state index in [1.807, 2.05) is 30.6 Å². The maximum absolute atomic E-state index is 4.73. The Morgan fingerprint density at radius 2 is 2.17 bits per heavy atom. The van der Waals surface area contributed by atoms with Crippen LogP contribution in [0.25, 0.3) is 5.82 Å². The van der Waals surface area contributed by atoms with E-state index in [-0.39, 0.29) is 24.0 Å². The van der Waals surface area contributed by atoms with Gasteiger partial charge in [-0.3, -0.25) is 0 Å². The van der Waals surface area contributed by atoms with Crippen LogP contribution in [-0.4, -0.2) is 57.8 Å². The molecule has 1 unspecified atom stereocenters. The van der Waals surface area contributed by atoms with E-state index in [1.54, 1.807) is 10.9 Å². The summed E-state index contributed by atoms with van der Waals surface area (Å²) in [7, 11) is 0. The van der Waals surface area contributed by atoms with Crippen LogP contribution in [0.5, 0.6) is 0 Å². The number of halogens is 1. The highest BCUT2D eigenvalue weighted by Crippen LogP contribution is 2.16. The molecule has 0 spiro atoms. The normalized spacial score (nSPS) is 17.6. The molecule has 160 valence electrons. The third kappa shape index (κ3) is 7.58. The Hall–Kier alpha value is -1.68. The van der Waals surface area contributed by atoms with Gasteiger partial charge in [-0.15, -0.1) is 24.0 Å². The molecule has 0 aromatic carbocycles. The lowest BCUT2D eigenvalue weighted by Gasteiger charge is -2.33. The largest absolute Gasteiger partial charge is 0.357 e. The minimum Gasteiger partial charge on any atom is -0.357 e. The fourth-order valence-electron chi connectivity index (χ4n) is 3.58. The molecule has 0 bridgehead atoms. The molecule has 3 heterocycles. The number of aliphatic imine (C=N–C) groups is 1. The quantitative estimate of drug-likeness (QED) is 0.247. The molecule has 0 aliphatic carbocycles. The average Bonchev–Trinajstić information content (AvgIpc) is 3.26. The van der Waals surface area contributed by atoms with Gasteiger partial charge in [0.15, 0.2) is 11.8 Å². The molecule has 0 saturated carbocycles. The first-order chi connectivity index (χ1) is 13.8. The Morgan fingerprint density at radius 3 is 2.93 bits per heavy atom. The standard InChI is InChI=1S/C21H33N7.HI/c1-3-22-21(24-10-6-14-27-13-5-4-8-18(27)2)25-17-19-9-12-23-20(16-19)28-15-7-11-26-28;/h7,9,11-12,15-16,18H,3-6,8,10,13-14,17H2,1-2H3,(H2,22,24,25);1H. The maximum atomic E-state index is 4.73. The van der Waals surface area contributed by atoms with Crippen LogP contribution in [0.15, 0.2) is 41.8 Å². The van der Waals surface area contributed by atoms with Crippen molar-refractivity contribution in [1.29, 1.82) is 0 Å². The first-order valence-corrected chi connectivity index (χ1v) is 10.5. The second-order valence-corrected chi connectivity index (χ2v) is 7.33. The maximum Gasteiger partial charge on any atom is 0.191 e. The van der Waals surface area contributed by atoms with Crippen LogP contribution in [0.1, 0.15) is 45.1 Å². The number of nitrogens with zero attached hydrogens (tertiary/aromatic N) is 5. The number of hydrogen-bond acceptors (Lipinski definition) is 4. The second kappa shape index (κ2) is 12.8. The molecule has 2 aromatic heterocycles. The summed E-state index contributed by atoms with van der Waals surface area (Å²) in [5.41, 5.74) is 1.11. The SMILES string of the molecule is CCNC(=NCc1ccnc(-n2cccn2)c1)NCCCN1CCCCC1C.I. The Kier molecular flexibility index (Phi) is 10.4. The molecule has 1 fully saturated rings. The highest BCUT2D eigenvalue weighted by molar-refractivity contribution is 14.0. The van der Waals surface area contributed by atoms with E-state index < -0.39 is 0 Å². The van der Waals surface area contributed by atoms with E-state index in [2.05, 4.69) is 39.5 Å². The zero-order valence-electron chi connectivity index (χ0n) is 17.5. The summed E-state index contributed by atoms with van der Waals surface area (Å²) in [4.78, 5) is 11.7. The lowest BCUT2D eigenvalue weighted by atomic mass is 10.0. The van der Waals surface area contributed by atoms with Crippen LogP contribution in [-0.2, 0) is 6.54 Å². The Morgan fingerprint density at radius 1 is 1.28 bits per heavy atom. The first kappa shape index (κ1) is 23.6. The minimum absolute atomic E-state index is 0. The van der Waals surface area contributed by atoms with E-state index in [0.29, 0.717) is 6.54 Å². The zero-order valence-corrected chi connectivity index (χ0v) is 19.9. The van der Waals surface area contributed by atoms with Crippen LogP contribution in [0, 0.1) is 0 Å². The van der Waals surface area contributed by atoms with Gasteiger partial charge in [0.05, 0.1) is 6.54 Å². The van der Waals surface area contributed by atoms with Crippen LogP contribution >= 0.6 is 24.0 Å². The number of guanidine groups is 1. The fourth-order valence-corrected chi connectivity index (χ4v) is 3.58. The van der Waals surface area contributed by atoms with Crippen molar-refractivity contribution in [3.63, 3.8) is 0 Å². The molecular weight excluding hydrogens is 477 g/mol. The fraction of sp³-hybridized carbons (Fsp3) is 0.571. The molecule has 1 saturated heterocycles. The molecule has 7 nitrogen and oxygen atoms in total. The number of piperidine rings is 1. The van der Waals surface area contributed by atoms with Crippen molar-refractivity contribution in [2.75, 3.05) is 26.2 Å². The highest BCUT2D eigenvalue weighted by Gasteiger charge is 2.17. The number of aromatic nitrogens is 3. The third-order valence-electron chi connectivity index (χ3n) is 5.17. The molecule has 1 aliphatic heterocycles. The van der Waals surface area contributed by atoms with Crippen molar-refractivity contribution >= 4 is 29.9 Å². The molecule has 2 N–H and O–H groups in total. The smallest absolute Gasteiger partial charge is 0.191 e. The van der Waals surface area contributed by atoms with Crippen LogP contribution in [0.4, 0.5) is 0 Å². The van der Waals surface area contributed by atoms with Crippen molar-refractivity contribution in [1.82, 2.24) is 30.3 Å². The van der Waals surface area contributed by atoms with Gasteiger partial charge in [-0.1, -0.05) is 6.42 Å². The van der Waals surface area contributed by atoms with E-state index in [4.69, 9.17) is 4.99 Å². The molecular formula is C21H34IN7. The van der Waals surface area contributed by atoms with Gasteiger partial charge in [0.25, 0.3) is 0 Å². The molecule has 1 aliphatic rings. The molecule has 0 radical (unpaired) electrons. The summed E-state index contributed by atoms with van der Waals surface area (Å²) in [6.07, 6.45) is 10.6. The molecule has 3 rings (SSSR count). The molecule has 2 aromatic rings. The van der Waals surface area contributed by atoms with Crippen molar-refractivity contribution in [3.05, 3.63) is 42.4 Å².